The minimum atomic E-state index is -1.41. The molecule has 0 saturated heterocycles. The van der Waals surface area contributed by atoms with Gasteiger partial charge in [-0.3, -0.25) is 0 Å². The van der Waals surface area contributed by atoms with Gasteiger partial charge in [-0.25, -0.2) is 18.0 Å². The lowest BCUT2D eigenvalue weighted by Crippen LogP contribution is -1.93. The van der Waals surface area contributed by atoms with Crippen LogP contribution in [-0.4, -0.2) is 17.8 Å². The molecule has 1 rings (SSSR count). The molecule has 0 saturated carbocycles. The summed E-state index contributed by atoms with van der Waals surface area (Å²) in [6.45, 7) is -1.28. The van der Waals surface area contributed by atoms with Gasteiger partial charge in [0.25, 0.3) is 0 Å². The number of hydrogen-bond acceptors (Lipinski definition) is 1. The van der Waals surface area contributed by atoms with Gasteiger partial charge in [-0.1, -0.05) is 0 Å². The maximum Gasteiger partial charge on any atom is 0.335 e. The van der Waals surface area contributed by atoms with Crippen LogP contribution in [0.2, 0.25) is 0 Å². The standard InChI is InChI=1S/C6H4F2.C2H3FO2/c7-5-1-2-6(8)4-3-5;3-1-2(4)5/h1-4H;1H2,(H,4,5). The maximum absolute atomic E-state index is 11.9. The van der Waals surface area contributed by atoms with Crippen molar-refractivity contribution in [1.82, 2.24) is 0 Å². The van der Waals surface area contributed by atoms with Gasteiger partial charge in [0.2, 0.25) is 0 Å². The molecule has 0 spiro atoms. The Morgan fingerprint density at radius 1 is 1.15 bits per heavy atom. The zero-order valence-electron chi connectivity index (χ0n) is 6.51. The van der Waals surface area contributed by atoms with Crippen molar-refractivity contribution in [2.45, 2.75) is 0 Å². The molecule has 0 aliphatic heterocycles. The predicted molar refractivity (Wildman–Crippen MR) is 40.0 cm³/mol. The summed E-state index contributed by atoms with van der Waals surface area (Å²) >= 11 is 0. The van der Waals surface area contributed by atoms with Crippen molar-refractivity contribution in [3.8, 4) is 0 Å². The first kappa shape index (κ1) is 11.5. The Hall–Kier alpha value is -1.52. The summed E-state index contributed by atoms with van der Waals surface area (Å²) in [5.74, 6) is -2.23. The molecule has 0 amide bonds. The van der Waals surface area contributed by atoms with Crippen molar-refractivity contribution < 1.29 is 23.1 Å². The monoisotopic (exact) mass is 192 g/mol. The fourth-order valence-corrected chi connectivity index (χ4v) is 0.430. The van der Waals surface area contributed by atoms with Crippen LogP contribution in [0.5, 0.6) is 0 Å². The van der Waals surface area contributed by atoms with Crippen molar-refractivity contribution in [1.29, 1.82) is 0 Å². The Kier molecular flexibility index (Phi) is 5.34. The Morgan fingerprint density at radius 2 is 1.38 bits per heavy atom. The first-order valence-electron chi connectivity index (χ1n) is 3.25. The number of benzene rings is 1. The van der Waals surface area contributed by atoms with E-state index in [1.807, 2.05) is 0 Å². The summed E-state index contributed by atoms with van der Waals surface area (Å²) in [6.07, 6.45) is 0. The number of carbonyl (C=O) groups is 1. The van der Waals surface area contributed by atoms with E-state index >= 15 is 0 Å². The summed E-state index contributed by atoms with van der Waals surface area (Å²) in [5.41, 5.74) is 0. The molecule has 0 aliphatic rings. The number of aliphatic carboxylic acids is 1. The van der Waals surface area contributed by atoms with Crippen LogP contribution in [0.1, 0.15) is 0 Å². The summed E-state index contributed by atoms with van der Waals surface area (Å²) in [4.78, 5) is 8.99. The summed E-state index contributed by atoms with van der Waals surface area (Å²) in [6, 6.07) is 4.31. The fraction of sp³-hybridized carbons (Fsp3) is 0.125. The molecular formula is C8H7F3O2. The van der Waals surface area contributed by atoms with E-state index in [0.717, 1.165) is 24.3 Å². The maximum atomic E-state index is 11.9. The number of carboxylic acid groups (broad SMARTS) is 1. The average molecular weight is 192 g/mol. The van der Waals surface area contributed by atoms with Crippen LogP contribution in [0.25, 0.3) is 0 Å². The summed E-state index contributed by atoms with van der Waals surface area (Å²) in [5, 5.41) is 7.35. The molecule has 0 heterocycles. The number of hydrogen-bond donors (Lipinski definition) is 1. The van der Waals surface area contributed by atoms with Gasteiger partial charge in [0.05, 0.1) is 0 Å². The number of alkyl halides is 1. The van der Waals surface area contributed by atoms with E-state index in [2.05, 4.69) is 0 Å². The lowest BCUT2D eigenvalue weighted by atomic mass is 10.3. The van der Waals surface area contributed by atoms with Crippen molar-refractivity contribution in [3.05, 3.63) is 35.9 Å². The molecule has 0 atom stereocenters. The van der Waals surface area contributed by atoms with Gasteiger partial charge in [-0.15, -0.1) is 0 Å². The normalized spacial score (nSPS) is 8.54. The number of carboxylic acids is 1. The molecule has 0 radical (unpaired) electrons. The topological polar surface area (TPSA) is 37.3 Å². The molecule has 0 aromatic heterocycles. The molecule has 1 N–H and O–H groups in total. The zero-order chi connectivity index (χ0) is 10.3. The molecule has 72 valence electrons. The van der Waals surface area contributed by atoms with E-state index < -0.39 is 24.3 Å². The Morgan fingerprint density at radius 3 is 1.54 bits per heavy atom. The van der Waals surface area contributed by atoms with Crippen LogP contribution in [-0.2, 0) is 4.79 Å². The quantitative estimate of drug-likeness (QED) is 0.738. The van der Waals surface area contributed by atoms with Gasteiger partial charge >= 0.3 is 5.97 Å². The Bertz CT molecular complexity index is 238. The van der Waals surface area contributed by atoms with E-state index in [9.17, 15) is 13.2 Å². The van der Waals surface area contributed by atoms with Gasteiger partial charge in [-0.05, 0) is 24.3 Å². The van der Waals surface area contributed by atoms with Gasteiger partial charge < -0.3 is 5.11 Å². The highest BCUT2D eigenvalue weighted by Crippen LogP contribution is 1.98. The van der Waals surface area contributed by atoms with Crippen molar-refractivity contribution >= 4 is 5.97 Å². The lowest BCUT2D eigenvalue weighted by molar-refractivity contribution is -0.137. The van der Waals surface area contributed by atoms with E-state index in [1.54, 1.807) is 0 Å². The van der Waals surface area contributed by atoms with Crippen LogP contribution in [0, 0.1) is 11.6 Å². The fourth-order valence-electron chi connectivity index (χ4n) is 0.430. The second kappa shape index (κ2) is 6.05. The first-order valence-corrected chi connectivity index (χ1v) is 3.25. The molecule has 13 heavy (non-hydrogen) atoms. The van der Waals surface area contributed by atoms with Crippen LogP contribution in [0.4, 0.5) is 13.2 Å². The van der Waals surface area contributed by atoms with Crippen molar-refractivity contribution in [3.63, 3.8) is 0 Å². The molecule has 2 nitrogen and oxygen atoms in total. The van der Waals surface area contributed by atoms with Gasteiger partial charge in [0.1, 0.15) is 11.6 Å². The Balaban J connectivity index is 0.000000252. The molecule has 1 aromatic carbocycles. The van der Waals surface area contributed by atoms with Gasteiger partial charge in [0.15, 0.2) is 6.67 Å². The molecular weight excluding hydrogens is 185 g/mol. The number of halogens is 3. The average Bonchev–Trinajstić information content (AvgIpc) is 2.11. The highest BCUT2D eigenvalue weighted by molar-refractivity contribution is 5.67. The van der Waals surface area contributed by atoms with E-state index in [1.165, 1.54) is 0 Å². The highest BCUT2D eigenvalue weighted by atomic mass is 19.1. The van der Waals surface area contributed by atoms with Crippen LogP contribution >= 0.6 is 0 Å². The molecule has 0 bridgehead atoms. The summed E-state index contributed by atoms with van der Waals surface area (Å²) < 4.78 is 34.4. The van der Waals surface area contributed by atoms with Crippen LogP contribution in [0.15, 0.2) is 24.3 Å². The second-order valence-electron chi connectivity index (χ2n) is 1.96. The third-order valence-corrected chi connectivity index (χ3v) is 0.918. The molecule has 1 aromatic rings. The number of rotatable bonds is 1. The highest BCUT2D eigenvalue weighted by Gasteiger charge is 1.86. The van der Waals surface area contributed by atoms with E-state index in [0.29, 0.717) is 0 Å². The van der Waals surface area contributed by atoms with Crippen molar-refractivity contribution in [2.75, 3.05) is 6.67 Å². The third-order valence-electron chi connectivity index (χ3n) is 0.918. The van der Waals surface area contributed by atoms with Crippen molar-refractivity contribution in [2.24, 2.45) is 0 Å². The largest absolute Gasteiger partial charge is 0.479 e. The van der Waals surface area contributed by atoms with Crippen LogP contribution < -0.4 is 0 Å². The van der Waals surface area contributed by atoms with E-state index in [-0.39, 0.29) is 0 Å². The summed E-state index contributed by atoms with van der Waals surface area (Å²) in [7, 11) is 0. The van der Waals surface area contributed by atoms with Crippen LogP contribution in [0.3, 0.4) is 0 Å². The first-order chi connectivity index (χ1) is 6.06. The minimum absolute atomic E-state index is 0.411. The second-order valence-corrected chi connectivity index (χ2v) is 1.96. The molecule has 0 unspecified atom stereocenters. The minimum Gasteiger partial charge on any atom is -0.479 e. The molecule has 5 heteroatoms. The molecule has 0 aliphatic carbocycles. The lowest BCUT2D eigenvalue weighted by Gasteiger charge is -1.83. The zero-order valence-corrected chi connectivity index (χ0v) is 6.51. The Labute approximate surface area is 72.6 Å². The third kappa shape index (κ3) is 6.86. The van der Waals surface area contributed by atoms with Gasteiger partial charge in [-0.2, -0.15) is 0 Å². The smallest absolute Gasteiger partial charge is 0.335 e. The predicted octanol–water partition coefficient (Wildman–Crippen LogP) is 2.01. The van der Waals surface area contributed by atoms with Gasteiger partial charge in [0, 0.05) is 0 Å². The van der Waals surface area contributed by atoms with E-state index in [4.69, 9.17) is 9.90 Å². The SMILES string of the molecule is Fc1ccc(F)cc1.O=C(O)CF. The molecule has 0 fully saturated rings.